The maximum Gasteiger partial charge on any atom is 0.475 e. The van der Waals surface area contributed by atoms with Gasteiger partial charge in [-0.25, -0.2) is 4.57 Å². The molecule has 1 fully saturated rings. The fraction of sp³-hybridized carbons (Fsp3) is 0.837. The first-order valence-corrected chi connectivity index (χ1v) is 22.8. The Kier molecular flexibility index (Phi) is 32.5. The number of hydrogen-bond donors (Lipinski definition) is 1. The van der Waals surface area contributed by atoms with Gasteiger partial charge in [-0.3, -0.25) is 18.4 Å². The molecule has 1 N–H and O–H groups in total. The van der Waals surface area contributed by atoms with Gasteiger partial charge >= 0.3 is 7.82 Å². The van der Waals surface area contributed by atoms with Crippen LogP contribution in [0.2, 0.25) is 0 Å². The highest BCUT2D eigenvalue weighted by Crippen LogP contribution is 2.52. The molecule has 0 unspecified atom stereocenters. The summed E-state index contributed by atoms with van der Waals surface area (Å²) in [5.41, 5.74) is 0. The minimum Gasteiger partial charge on any atom is -0.382 e. The number of ether oxygens (including phenoxy) is 5. The number of amides is 1. The molecule has 0 radical (unpaired) electrons. The molecule has 0 aromatic carbocycles. The first kappa shape index (κ1) is 51.6. The van der Waals surface area contributed by atoms with Crippen molar-refractivity contribution in [3.05, 3.63) is 37.5 Å². The van der Waals surface area contributed by atoms with E-state index < -0.39 is 38.5 Å². The number of carbonyl (C=O) groups is 1. The Hall–Kier alpha value is -1.40. The molecule has 1 rings (SSSR count). The van der Waals surface area contributed by atoms with Gasteiger partial charge in [0.2, 0.25) is 5.91 Å². The van der Waals surface area contributed by atoms with Gasteiger partial charge in [0.1, 0.15) is 24.4 Å². The molecule has 0 aromatic rings. The van der Waals surface area contributed by atoms with E-state index in [1.165, 1.54) is 103 Å². The number of unbranched alkanes of at least 4 members (excludes halogenated alkanes) is 15. The van der Waals surface area contributed by atoms with Crippen molar-refractivity contribution < 1.29 is 46.6 Å². The van der Waals surface area contributed by atoms with Gasteiger partial charge in [0.05, 0.1) is 25.9 Å². The molecule has 1 aliphatic heterocycles. The summed E-state index contributed by atoms with van der Waals surface area (Å²) in [6, 6.07) is -0.789. The van der Waals surface area contributed by atoms with E-state index in [-0.39, 0.29) is 31.8 Å². The summed E-state index contributed by atoms with van der Waals surface area (Å²) in [4.78, 5) is 13.5. The van der Waals surface area contributed by atoms with Gasteiger partial charge in [-0.1, -0.05) is 122 Å². The number of phosphoric acid groups is 1. The van der Waals surface area contributed by atoms with E-state index in [1.807, 2.05) is 0 Å². The van der Waals surface area contributed by atoms with Crippen LogP contribution in [0.5, 0.6) is 0 Å². The highest BCUT2D eigenvalue weighted by molar-refractivity contribution is 7.48. The van der Waals surface area contributed by atoms with Crippen molar-refractivity contribution in [3.63, 3.8) is 0 Å². The average molecular weight is 802 g/mol. The van der Waals surface area contributed by atoms with Crippen molar-refractivity contribution in [1.29, 1.82) is 0 Å². The minimum absolute atomic E-state index is 0.00163. The number of allylic oxidation sites excluding steroid dienone is 2. The number of hydrogen-bond acceptors (Lipinski definition) is 10. The molecule has 1 saturated heterocycles. The summed E-state index contributed by atoms with van der Waals surface area (Å²) < 4.78 is 61.1. The van der Waals surface area contributed by atoms with Crippen LogP contribution in [0, 0.1) is 0 Å². The summed E-state index contributed by atoms with van der Waals surface area (Å²) in [7, 11) is 0.592. The Balaban J connectivity index is 2.93. The van der Waals surface area contributed by atoms with Crippen LogP contribution in [0.1, 0.15) is 149 Å². The maximum absolute atomic E-state index is 13.9. The first-order chi connectivity index (χ1) is 26.8. The van der Waals surface area contributed by atoms with Crippen molar-refractivity contribution in [3.8, 4) is 0 Å². The highest BCUT2D eigenvalue weighted by Gasteiger charge is 2.51. The zero-order valence-electron chi connectivity index (χ0n) is 35.4. The van der Waals surface area contributed by atoms with Gasteiger partial charge in [0.15, 0.2) is 6.29 Å². The smallest absolute Gasteiger partial charge is 0.382 e. The molecule has 0 bridgehead atoms. The lowest BCUT2D eigenvalue weighted by Gasteiger charge is -2.46. The Labute approximate surface area is 335 Å². The Morgan fingerprint density at radius 3 is 1.89 bits per heavy atom. The lowest BCUT2D eigenvalue weighted by Crippen LogP contribution is -2.66. The summed E-state index contributed by atoms with van der Waals surface area (Å²) in [5.74, 6) is -0.148. The number of rotatable bonds is 38. The molecule has 11 nitrogen and oxygen atoms in total. The largest absolute Gasteiger partial charge is 0.475 e. The zero-order chi connectivity index (χ0) is 40.4. The number of nitrogens with one attached hydrogen (secondary N) is 1. The predicted octanol–water partition coefficient (Wildman–Crippen LogP) is 10.6. The van der Waals surface area contributed by atoms with Crippen LogP contribution in [-0.2, 0) is 46.6 Å². The molecule has 322 valence electrons. The molecule has 1 heterocycles. The molecule has 6 atom stereocenters. The molecule has 1 amide bonds. The Morgan fingerprint density at radius 2 is 1.33 bits per heavy atom. The van der Waals surface area contributed by atoms with Crippen LogP contribution in [0.4, 0.5) is 0 Å². The predicted molar refractivity (Wildman–Crippen MR) is 222 cm³/mol. The standard InChI is InChI=1S/C43H80NO10P/c1-8-12-14-16-17-18-19-20-21-22-23-24-25-27-29-31-39(45)44-40-42(50-35-32-37(48-6)30-28-26-15-13-9-2)41(38(36-47-5)53-43(40)49-7)54-55(46,51-33-10-3)52-34-11-4/h10-11,18-19,37-38,40-43H,3-4,8-9,12-17,20-36H2,1-2,5-7H3,(H,44,45)/t37-,38-,40-,41-,42-,43-/m1/s1. The van der Waals surface area contributed by atoms with Crippen LogP contribution in [-0.4, -0.2) is 90.4 Å². The van der Waals surface area contributed by atoms with Gasteiger partial charge in [-0.05, 0) is 44.9 Å². The molecule has 0 aromatic heterocycles. The first-order valence-electron chi connectivity index (χ1n) is 21.4. The topological polar surface area (TPSA) is 120 Å². The summed E-state index contributed by atoms with van der Waals surface area (Å²) in [5, 5.41) is 3.11. The normalized spacial score (nSPS) is 20.9. The lowest BCUT2D eigenvalue weighted by atomic mass is 9.96. The minimum atomic E-state index is -4.18. The van der Waals surface area contributed by atoms with Crippen molar-refractivity contribution in [1.82, 2.24) is 5.32 Å². The fourth-order valence-corrected chi connectivity index (χ4v) is 8.05. The fourth-order valence-electron chi connectivity index (χ4n) is 6.72. The molecular weight excluding hydrogens is 721 g/mol. The molecular formula is C43H80NO10P. The third-order valence-corrected chi connectivity index (χ3v) is 11.3. The molecule has 0 saturated carbocycles. The van der Waals surface area contributed by atoms with E-state index in [2.05, 4.69) is 44.5 Å². The van der Waals surface area contributed by atoms with E-state index in [0.717, 1.165) is 44.9 Å². The van der Waals surface area contributed by atoms with Crippen LogP contribution < -0.4 is 5.32 Å². The average Bonchev–Trinajstić information content (AvgIpc) is 3.18. The second-order valence-electron chi connectivity index (χ2n) is 14.5. The summed E-state index contributed by atoms with van der Waals surface area (Å²) >= 11 is 0. The van der Waals surface area contributed by atoms with Crippen LogP contribution in [0.15, 0.2) is 37.5 Å². The molecule has 12 heteroatoms. The van der Waals surface area contributed by atoms with Gasteiger partial charge in [-0.15, -0.1) is 13.2 Å². The Morgan fingerprint density at radius 1 is 0.764 bits per heavy atom. The SMILES string of the molecule is C=CCOP(=O)(OCC=C)O[C@H]1[C@H](OCC[C@@H](CCCCCCC)OC)[C@@H](NC(=O)CCCCCCCCCC=CCCCCCC)[C@H](OC)O[C@@H]1COC. The van der Waals surface area contributed by atoms with Crippen LogP contribution >= 0.6 is 7.82 Å². The van der Waals surface area contributed by atoms with Gasteiger partial charge in [0.25, 0.3) is 0 Å². The third-order valence-electron chi connectivity index (χ3n) is 9.87. The Bertz CT molecular complexity index is 1010. The van der Waals surface area contributed by atoms with E-state index in [1.54, 1.807) is 7.11 Å². The second-order valence-corrected chi connectivity index (χ2v) is 16.2. The van der Waals surface area contributed by atoms with Crippen molar-refractivity contribution in [2.24, 2.45) is 0 Å². The summed E-state index contributed by atoms with van der Waals surface area (Å²) in [6.07, 6.45) is 27.2. The molecule has 55 heavy (non-hydrogen) atoms. The molecule has 1 aliphatic rings. The zero-order valence-corrected chi connectivity index (χ0v) is 36.3. The lowest BCUT2D eigenvalue weighted by molar-refractivity contribution is -0.269. The highest BCUT2D eigenvalue weighted by atomic mass is 31.2. The monoisotopic (exact) mass is 802 g/mol. The van der Waals surface area contributed by atoms with Gasteiger partial charge < -0.3 is 29.0 Å². The van der Waals surface area contributed by atoms with E-state index in [9.17, 15) is 9.36 Å². The number of carbonyl (C=O) groups excluding carboxylic acids is 1. The van der Waals surface area contributed by atoms with Crippen LogP contribution in [0.25, 0.3) is 0 Å². The second kappa shape index (κ2) is 34.6. The van der Waals surface area contributed by atoms with E-state index in [0.29, 0.717) is 19.4 Å². The van der Waals surface area contributed by atoms with Crippen LogP contribution in [0.3, 0.4) is 0 Å². The van der Waals surface area contributed by atoms with Crippen molar-refractivity contribution in [2.45, 2.75) is 185 Å². The maximum atomic E-state index is 13.9. The quantitative estimate of drug-likeness (QED) is 0.0367. The van der Waals surface area contributed by atoms with E-state index in [4.69, 9.17) is 37.3 Å². The molecule has 0 aliphatic carbocycles. The van der Waals surface area contributed by atoms with Gasteiger partial charge in [0, 0.05) is 34.4 Å². The number of methoxy groups -OCH3 is 3. The third kappa shape index (κ3) is 24.2. The van der Waals surface area contributed by atoms with Gasteiger partial charge in [-0.2, -0.15) is 0 Å². The van der Waals surface area contributed by atoms with Crippen molar-refractivity contribution >= 4 is 13.7 Å². The number of phosphoric ester groups is 1. The summed E-state index contributed by atoms with van der Waals surface area (Å²) in [6.45, 7) is 12.0. The van der Waals surface area contributed by atoms with E-state index >= 15 is 0 Å². The molecule has 0 spiro atoms. The van der Waals surface area contributed by atoms with Crippen molar-refractivity contribution in [2.75, 3.05) is 47.8 Å².